The first-order chi connectivity index (χ1) is 7.26. The molecule has 4 nitrogen and oxygen atoms in total. The molecule has 5 heteroatoms. The summed E-state index contributed by atoms with van der Waals surface area (Å²) >= 11 is 5.73. The molecule has 0 spiro atoms. The van der Waals surface area contributed by atoms with Gasteiger partial charge in [0, 0.05) is 28.7 Å². The number of nitrogens with one attached hydrogen (secondary N) is 1. The Morgan fingerprint density at radius 2 is 2.33 bits per heavy atom. The summed E-state index contributed by atoms with van der Waals surface area (Å²) in [6.07, 6.45) is 1.69. The molecule has 2 N–H and O–H groups in total. The molecule has 0 fully saturated rings. The Balaban J connectivity index is 2.62. The fraction of sp³-hybridized carbons (Fsp3) is 0.100. The van der Waals surface area contributed by atoms with Crippen molar-refractivity contribution in [1.29, 1.82) is 0 Å². The first kappa shape index (κ1) is 9.86. The van der Waals surface area contributed by atoms with Crippen LogP contribution in [0.2, 0.25) is 0 Å². The largest absolute Gasteiger partial charge is 0.497 e. The van der Waals surface area contributed by atoms with Gasteiger partial charge in [0.15, 0.2) is 5.17 Å². The molecule has 1 aromatic heterocycles. The molecule has 2 rings (SSSR count). The summed E-state index contributed by atoms with van der Waals surface area (Å²) in [7, 11) is 1.60. The van der Waals surface area contributed by atoms with Crippen LogP contribution in [0.1, 0.15) is 5.56 Å². The highest BCUT2D eigenvalue weighted by molar-refractivity contribution is 6.70. The number of aromatic nitrogens is 1. The number of nitrogens with zero attached hydrogens (tertiary/aromatic N) is 1. The third kappa shape index (κ3) is 1.64. The van der Waals surface area contributed by atoms with E-state index >= 15 is 0 Å². The van der Waals surface area contributed by atoms with Crippen molar-refractivity contribution in [3.63, 3.8) is 0 Å². The SMILES string of the molecule is COc1ccc2c(C(Cl)=NO)c[nH]c2c1. The number of hydrogen-bond acceptors (Lipinski definition) is 3. The van der Waals surface area contributed by atoms with Crippen molar-refractivity contribution in [3.8, 4) is 5.75 Å². The highest BCUT2D eigenvalue weighted by Crippen LogP contribution is 2.24. The van der Waals surface area contributed by atoms with Gasteiger partial charge in [-0.15, -0.1) is 0 Å². The van der Waals surface area contributed by atoms with Gasteiger partial charge in [0.1, 0.15) is 5.75 Å². The van der Waals surface area contributed by atoms with Gasteiger partial charge in [-0.2, -0.15) is 0 Å². The van der Waals surface area contributed by atoms with Crippen LogP contribution in [0.25, 0.3) is 10.9 Å². The van der Waals surface area contributed by atoms with E-state index in [2.05, 4.69) is 10.1 Å². The second-order valence-corrected chi connectivity index (χ2v) is 3.36. The van der Waals surface area contributed by atoms with E-state index in [9.17, 15) is 0 Å². The van der Waals surface area contributed by atoms with Gasteiger partial charge in [-0.3, -0.25) is 0 Å². The number of methoxy groups -OCH3 is 1. The van der Waals surface area contributed by atoms with E-state index in [1.807, 2.05) is 18.2 Å². The predicted octanol–water partition coefficient (Wildman–Crippen LogP) is 2.55. The molecular formula is C10H9ClN2O2. The normalized spacial score (nSPS) is 12.0. The molecular weight excluding hydrogens is 216 g/mol. The highest BCUT2D eigenvalue weighted by Gasteiger charge is 2.08. The van der Waals surface area contributed by atoms with Crippen molar-refractivity contribution in [2.24, 2.45) is 5.16 Å². The van der Waals surface area contributed by atoms with E-state index in [-0.39, 0.29) is 5.17 Å². The van der Waals surface area contributed by atoms with Crippen LogP contribution >= 0.6 is 11.6 Å². The molecule has 1 aromatic carbocycles. The van der Waals surface area contributed by atoms with Crippen LogP contribution in [-0.2, 0) is 0 Å². The Hall–Kier alpha value is -1.68. The van der Waals surface area contributed by atoms with Crippen molar-refractivity contribution in [2.75, 3.05) is 7.11 Å². The number of ether oxygens (including phenoxy) is 1. The van der Waals surface area contributed by atoms with Gasteiger partial charge in [-0.25, -0.2) is 0 Å². The lowest BCUT2D eigenvalue weighted by molar-refractivity contribution is 0.321. The maximum atomic E-state index is 8.58. The molecule has 2 aromatic rings. The van der Waals surface area contributed by atoms with Gasteiger partial charge in [-0.1, -0.05) is 16.8 Å². The molecule has 0 aliphatic rings. The van der Waals surface area contributed by atoms with Crippen molar-refractivity contribution in [2.45, 2.75) is 0 Å². The first-order valence-corrected chi connectivity index (χ1v) is 4.67. The third-order valence-electron chi connectivity index (χ3n) is 2.20. The Morgan fingerprint density at radius 3 is 3.00 bits per heavy atom. The quantitative estimate of drug-likeness (QED) is 0.468. The van der Waals surface area contributed by atoms with E-state index in [1.54, 1.807) is 13.3 Å². The zero-order valence-corrected chi connectivity index (χ0v) is 8.75. The summed E-state index contributed by atoms with van der Waals surface area (Å²) < 4.78 is 5.09. The fourth-order valence-corrected chi connectivity index (χ4v) is 1.61. The summed E-state index contributed by atoms with van der Waals surface area (Å²) in [5, 5.41) is 12.5. The number of H-pyrrole nitrogens is 1. The lowest BCUT2D eigenvalue weighted by Gasteiger charge is -1.99. The van der Waals surface area contributed by atoms with Crippen LogP contribution in [0.4, 0.5) is 0 Å². The molecule has 15 heavy (non-hydrogen) atoms. The number of benzene rings is 1. The van der Waals surface area contributed by atoms with E-state index in [1.165, 1.54) is 0 Å². The van der Waals surface area contributed by atoms with Crippen molar-refractivity contribution in [3.05, 3.63) is 30.0 Å². The lowest BCUT2D eigenvalue weighted by Crippen LogP contribution is -1.88. The minimum Gasteiger partial charge on any atom is -0.497 e. The number of halogens is 1. The van der Waals surface area contributed by atoms with Crippen molar-refractivity contribution in [1.82, 2.24) is 4.98 Å². The number of fused-ring (bicyclic) bond motifs is 1. The second kappa shape index (κ2) is 3.82. The Labute approximate surface area is 91.1 Å². The predicted molar refractivity (Wildman–Crippen MR) is 59.0 cm³/mol. The van der Waals surface area contributed by atoms with Gasteiger partial charge in [-0.05, 0) is 12.1 Å². The van der Waals surface area contributed by atoms with E-state index in [0.29, 0.717) is 5.56 Å². The van der Waals surface area contributed by atoms with Crippen LogP contribution in [0.5, 0.6) is 5.75 Å². The molecule has 1 heterocycles. The zero-order chi connectivity index (χ0) is 10.8. The maximum absolute atomic E-state index is 8.58. The van der Waals surface area contributed by atoms with Gasteiger partial charge in [0.2, 0.25) is 0 Å². The van der Waals surface area contributed by atoms with Crippen LogP contribution in [0.3, 0.4) is 0 Å². The average Bonchev–Trinajstić information content (AvgIpc) is 2.70. The highest BCUT2D eigenvalue weighted by atomic mass is 35.5. The monoisotopic (exact) mass is 224 g/mol. The van der Waals surface area contributed by atoms with E-state index < -0.39 is 0 Å². The minimum atomic E-state index is 0.0615. The molecule has 0 atom stereocenters. The summed E-state index contributed by atoms with van der Waals surface area (Å²) in [5.74, 6) is 0.757. The topological polar surface area (TPSA) is 57.6 Å². The summed E-state index contributed by atoms with van der Waals surface area (Å²) in [5.41, 5.74) is 1.54. The lowest BCUT2D eigenvalue weighted by atomic mass is 10.2. The Kier molecular flexibility index (Phi) is 2.51. The third-order valence-corrected chi connectivity index (χ3v) is 2.48. The van der Waals surface area contributed by atoms with Crippen LogP contribution < -0.4 is 4.74 Å². The molecule has 0 aliphatic heterocycles. The molecule has 0 radical (unpaired) electrons. The number of hydrogen-bond donors (Lipinski definition) is 2. The number of aromatic amines is 1. The molecule has 0 aliphatic carbocycles. The van der Waals surface area contributed by atoms with Crippen molar-refractivity contribution >= 4 is 27.7 Å². The van der Waals surface area contributed by atoms with Gasteiger partial charge >= 0.3 is 0 Å². The molecule has 0 bridgehead atoms. The number of oxime groups is 1. The molecule has 0 saturated heterocycles. The second-order valence-electron chi connectivity index (χ2n) is 3.00. The van der Waals surface area contributed by atoms with E-state index in [0.717, 1.165) is 16.7 Å². The average molecular weight is 225 g/mol. The van der Waals surface area contributed by atoms with Crippen molar-refractivity contribution < 1.29 is 9.94 Å². The molecule has 0 amide bonds. The molecule has 78 valence electrons. The summed E-state index contributed by atoms with van der Waals surface area (Å²) in [4.78, 5) is 3.02. The van der Waals surface area contributed by atoms with Gasteiger partial charge < -0.3 is 14.9 Å². The standard InChI is InChI=1S/C10H9ClN2O2/c1-15-6-2-3-7-8(10(11)13-14)5-12-9(7)4-6/h2-5,12,14H,1H3. The summed E-state index contributed by atoms with van der Waals surface area (Å²) in [6.45, 7) is 0. The Morgan fingerprint density at radius 1 is 1.53 bits per heavy atom. The van der Waals surface area contributed by atoms with Crippen LogP contribution in [0.15, 0.2) is 29.6 Å². The fourth-order valence-electron chi connectivity index (χ4n) is 1.46. The first-order valence-electron chi connectivity index (χ1n) is 4.29. The minimum absolute atomic E-state index is 0.0615. The molecule has 0 saturated carbocycles. The maximum Gasteiger partial charge on any atom is 0.177 e. The Bertz CT molecular complexity index is 519. The van der Waals surface area contributed by atoms with Crippen LogP contribution in [0, 0.1) is 0 Å². The zero-order valence-electron chi connectivity index (χ0n) is 7.99. The smallest absolute Gasteiger partial charge is 0.177 e. The summed E-state index contributed by atoms with van der Waals surface area (Å²) in [6, 6.07) is 5.52. The van der Waals surface area contributed by atoms with Gasteiger partial charge in [0.05, 0.1) is 7.11 Å². The van der Waals surface area contributed by atoms with E-state index in [4.69, 9.17) is 21.5 Å². The number of rotatable bonds is 2. The molecule has 0 unspecified atom stereocenters. The van der Waals surface area contributed by atoms with Gasteiger partial charge in [0.25, 0.3) is 0 Å². The van der Waals surface area contributed by atoms with Crippen LogP contribution in [-0.4, -0.2) is 22.5 Å².